The van der Waals surface area contributed by atoms with Gasteiger partial charge in [0.05, 0.1) is 69.7 Å². The van der Waals surface area contributed by atoms with E-state index < -0.39 is 0 Å². The van der Waals surface area contributed by atoms with Crippen molar-refractivity contribution in [2.24, 2.45) is 11.8 Å². The van der Waals surface area contributed by atoms with Crippen LogP contribution in [0.5, 0.6) is 11.5 Å². The van der Waals surface area contributed by atoms with Crippen LogP contribution in [0.1, 0.15) is 87.0 Å². The highest BCUT2D eigenvalue weighted by Crippen LogP contribution is 2.48. The van der Waals surface area contributed by atoms with Crippen molar-refractivity contribution in [2.45, 2.75) is 148 Å². The van der Waals surface area contributed by atoms with Crippen molar-refractivity contribution >= 4 is 7.28 Å². The molecule has 1 aromatic carbocycles. The van der Waals surface area contributed by atoms with Crippen LogP contribution in [0.4, 0.5) is 0 Å². The minimum absolute atomic E-state index is 0.307. The van der Waals surface area contributed by atoms with Crippen LogP contribution in [-0.2, 0) is 37.9 Å². The van der Waals surface area contributed by atoms with Crippen LogP contribution < -0.4 is 9.47 Å². The van der Waals surface area contributed by atoms with E-state index in [0.717, 1.165) is 69.6 Å². The quantitative estimate of drug-likeness (QED) is 0.170. The average Bonchev–Trinajstić information content (AvgIpc) is 3.92. The molecule has 2 saturated carbocycles. The second kappa shape index (κ2) is 22.1. The molecule has 8 fully saturated rings. The number of benzene rings is 1. The standard InChI is InChI=1S/C11H14O3.C8H14O.C7H12O.C6H12O2.C5H10O2.C3H6BO/c1-2-12-9-3-5-10(6-4-9)13-7-11-8-14-11;1-6-3-4-8(2)7(5-6)9-8;1-5-2-3-6-7(4-5)8-6;1-3-7-4-6-5(2)8-6;1-2-6-3-5-4-7-5;1-4-3-2-5-3/h3-6,11H,2,7-8H2,1H3;6-7H,3-5H2,1-2H3;5-7H,2-4H2,1H3;5-6H,3-4H2,1-2H3;5H,2-4H2,1H3;3H,2H2,1H3. The van der Waals surface area contributed by atoms with Crippen molar-refractivity contribution in [1.29, 1.82) is 0 Å². The largest absolute Gasteiger partial charge is 0.494 e. The maximum atomic E-state index is 5.54. The van der Waals surface area contributed by atoms with Gasteiger partial charge in [-0.25, -0.2) is 0 Å². The predicted molar refractivity (Wildman–Crippen MR) is 199 cm³/mol. The van der Waals surface area contributed by atoms with Gasteiger partial charge in [-0.3, -0.25) is 0 Å². The van der Waals surface area contributed by atoms with E-state index in [1.54, 1.807) is 0 Å². The molecule has 9 rings (SSSR count). The summed E-state index contributed by atoms with van der Waals surface area (Å²) >= 11 is 0. The van der Waals surface area contributed by atoms with Gasteiger partial charge in [0.25, 0.3) is 0 Å². The van der Waals surface area contributed by atoms with E-state index in [-0.39, 0.29) is 0 Å². The predicted octanol–water partition coefficient (Wildman–Crippen LogP) is 6.73. The zero-order valence-corrected chi connectivity index (χ0v) is 32.8. The minimum atomic E-state index is 0.307. The normalized spacial score (nSPS) is 36.2. The Morgan fingerprint density at radius 1 is 0.706 bits per heavy atom. The lowest BCUT2D eigenvalue weighted by atomic mass is 9.78. The van der Waals surface area contributed by atoms with E-state index in [1.165, 1.54) is 38.5 Å². The van der Waals surface area contributed by atoms with Crippen LogP contribution in [0.2, 0.25) is 6.82 Å². The van der Waals surface area contributed by atoms with Crippen molar-refractivity contribution in [2.75, 3.05) is 59.5 Å². The van der Waals surface area contributed by atoms with E-state index in [1.807, 2.05) is 51.9 Å². The molecular formula is C40H68BO10. The maximum Gasteiger partial charge on any atom is 0.149 e. The molecule has 0 aromatic heterocycles. The second-order valence-electron chi connectivity index (χ2n) is 15.0. The van der Waals surface area contributed by atoms with Gasteiger partial charge in [-0.15, -0.1) is 0 Å². The topological polar surface area (TPSA) is 112 Å². The Labute approximate surface area is 309 Å². The molecule has 6 aliphatic heterocycles. The van der Waals surface area contributed by atoms with Gasteiger partial charge in [-0.2, -0.15) is 0 Å². The van der Waals surface area contributed by atoms with E-state index in [2.05, 4.69) is 35.0 Å². The van der Waals surface area contributed by atoms with Crippen molar-refractivity contribution < 1.29 is 47.4 Å². The molecule has 6 heterocycles. The molecule has 1 radical (unpaired) electrons. The van der Waals surface area contributed by atoms with Crippen LogP contribution in [0.3, 0.4) is 0 Å². The molecule has 11 atom stereocenters. The molecule has 51 heavy (non-hydrogen) atoms. The first-order chi connectivity index (χ1) is 24.7. The number of ether oxygens (including phenoxy) is 10. The Bertz CT molecular complexity index is 1070. The summed E-state index contributed by atoms with van der Waals surface area (Å²) in [5.41, 5.74) is 0.326. The van der Waals surface area contributed by atoms with Crippen LogP contribution >= 0.6 is 0 Å². The summed E-state index contributed by atoms with van der Waals surface area (Å²) in [6.07, 6.45) is 11.6. The molecule has 8 aliphatic rings. The van der Waals surface area contributed by atoms with Crippen molar-refractivity contribution in [3.8, 4) is 11.5 Å². The van der Waals surface area contributed by atoms with Gasteiger partial charge in [0.2, 0.25) is 0 Å². The van der Waals surface area contributed by atoms with Gasteiger partial charge in [0.15, 0.2) is 0 Å². The number of epoxide rings is 6. The van der Waals surface area contributed by atoms with Crippen LogP contribution in [0, 0.1) is 11.8 Å². The zero-order chi connectivity index (χ0) is 36.6. The van der Waals surface area contributed by atoms with Gasteiger partial charge in [-0.1, -0.05) is 20.7 Å². The third-order valence-corrected chi connectivity index (χ3v) is 9.99. The fourth-order valence-electron chi connectivity index (χ4n) is 5.88. The van der Waals surface area contributed by atoms with Crippen molar-refractivity contribution in [1.82, 2.24) is 0 Å². The summed E-state index contributed by atoms with van der Waals surface area (Å²) in [5.74, 6) is 3.58. The summed E-state index contributed by atoms with van der Waals surface area (Å²) in [5, 5.41) is 0. The highest BCUT2D eigenvalue weighted by atomic mass is 16.6. The molecule has 11 heteroatoms. The highest BCUT2D eigenvalue weighted by Gasteiger charge is 2.54. The molecule has 10 nitrogen and oxygen atoms in total. The maximum absolute atomic E-state index is 5.54. The molecule has 6 saturated heterocycles. The summed E-state index contributed by atoms with van der Waals surface area (Å²) in [7, 11) is 2.06. The summed E-state index contributed by atoms with van der Waals surface area (Å²) in [4.78, 5) is 0. The molecule has 1 aromatic rings. The van der Waals surface area contributed by atoms with E-state index in [9.17, 15) is 0 Å². The Balaban J connectivity index is 0.000000141. The van der Waals surface area contributed by atoms with Crippen LogP contribution in [-0.4, -0.2) is 121 Å². The Hall–Kier alpha value is -1.44. The monoisotopic (exact) mass is 719 g/mol. The van der Waals surface area contributed by atoms with Crippen molar-refractivity contribution in [3.05, 3.63) is 24.3 Å². The molecule has 11 unspecified atom stereocenters. The van der Waals surface area contributed by atoms with Gasteiger partial charge >= 0.3 is 0 Å². The van der Waals surface area contributed by atoms with E-state index >= 15 is 0 Å². The second-order valence-corrected chi connectivity index (χ2v) is 15.0. The fourth-order valence-corrected chi connectivity index (χ4v) is 5.88. The molecule has 2 aliphatic carbocycles. The first-order valence-corrected chi connectivity index (χ1v) is 19.8. The Morgan fingerprint density at radius 2 is 1.29 bits per heavy atom. The molecule has 291 valence electrons. The lowest BCUT2D eigenvalue weighted by Gasteiger charge is -2.17. The third kappa shape index (κ3) is 18.4. The zero-order valence-electron chi connectivity index (χ0n) is 32.8. The summed E-state index contributed by atoms with van der Waals surface area (Å²) in [6, 6.07) is 8.15. The van der Waals surface area contributed by atoms with Crippen LogP contribution in [0.15, 0.2) is 24.3 Å². The fraction of sp³-hybridized carbons (Fsp3) is 0.850. The molecule has 0 spiro atoms. The molecule has 0 bridgehead atoms. The molecular weight excluding hydrogens is 651 g/mol. The summed E-state index contributed by atoms with van der Waals surface area (Å²) < 4.78 is 51.6. The number of fused-ring (bicyclic) bond motifs is 2. The Kier molecular flexibility index (Phi) is 18.3. The smallest absolute Gasteiger partial charge is 0.149 e. The van der Waals surface area contributed by atoms with Gasteiger partial charge < -0.3 is 47.4 Å². The van der Waals surface area contributed by atoms with E-state index in [0.29, 0.717) is 67.5 Å². The van der Waals surface area contributed by atoms with Crippen LogP contribution in [0.25, 0.3) is 0 Å². The molecule has 0 N–H and O–H groups in total. The minimum Gasteiger partial charge on any atom is -0.494 e. The van der Waals surface area contributed by atoms with Gasteiger partial charge in [0.1, 0.15) is 43.7 Å². The summed E-state index contributed by atoms with van der Waals surface area (Å²) in [6.45, 7) is 24.1. The number of hydrogen-bond acceptors (Lipinski definition) is 10. The Morgan fingerprint density at radius 3 is 1.75 bits per heavy atom. The lowest BCUT2D eigenvalue weighted by molar-refractivity contribution is 0.128. The molecule has 0 amide bonds. The van der Waals surface area contributed by atoms with Gasteiger partial charge in [0, 0.05) is 19.2 Å². The third-order valence-electron chi connectivity index (χ3n) is 9.99. The SMILES string of the molecule is CC1CCC2(C)OC2C1.CC1CCC2OC2C1.CCOCC1CO1.CCOCC1OC1C.CCOc1ccc(OCC2CO2)cc1.C[B]C1CO1. The van der Waals surface area contributed by atoms with Crippen molar-refractivity contribution in [3.63, 3.8) is 0 Å². The first kappa shape index (κ1) is 42.3. The lowest BCUT2D eigenvalue weighted by Crippen LogP contribution is -2.19. The number of hydrogen-bond donors (Lipinski definition) is 0. The highest BCUT2D eigenvalue weighted by molar-refractivity contribution is 6.36. The average molecular weight is 720 g/mol. The first-order valence-electron chi connectivity index (χ1n) is 19.8. The number of rotatable bonds is 12. The van der Waals surface area contributed by atoms with Gasteiger partial charge in [-0.05, 0) is 109 Å². The van der Waals surface area contributed by atoms with E-state index in [4.69, 9.17) is 47.4 Å².